The quantitative estimate of drug-likeness (QED) is 0.256. The first-order valence-electron chi connectivity index (χ1n) is 13.8. The minimum Gasteiger partial charge on any atom is -0.438 e. The van der Waals surface area contributed by atoms with E-state index < -0.39 is 10.0 Å². The Hall–Kier alpha value is -3.75. The maximum atomic E-state index is 14.3. The zero-order chi connectivity index (χ0) is 27.7. The van der Waals surface area contributed by atoms with E-state index in [-0.39, 0.29) is 22.7 Å². The highest BCUT2D eigenvalue weighted by Gasteiger charge is 2.41. The molecule has 2 heterocycles. The predicted molar refractivity (Wildman–Crippen MR) is 155 cm³/mol. The third-order valence-electron chi connectivity index (χ3n) is 8.12. The topological polar surface area (TPSA) is 62.7 Å². The van der Waals surface area contributed by atoms with Crippen LogP contribution in [0.15, 0.2) is 96.0 Å². The molecule has 1 aliphatic heterocycles. The number of sulfonamides is 1. The van der Waals surface area contributed by atoms with Crippen LogP contribution in [0.4, 0.5) is 15.8 Å². The molecule has 40 heavy (non-hydrogen) atoms. The van der Waals surface area contributed by atoms with Gasteiger partial charge in [0.05, 0.1) is 5.69 Å². The van der Waals surface area contributed by atoms with Crippen molar-refractivity contribution in [2.75, 3.05) is 18.5 Å². The molecule has 0 radical (unpaired) electrons. The molecular weight excluding hydrogens is 525 g/mol. The summed E-state index contributed by atoms with van der Waals surface area (Å²) < 4.78 is 50.4. The zero-order valence-electron chi connectivity index (χ0n) is 22.4. The molecule has 6 rings (SSSR count). The van der Waals surface area contributed by atoms with Gasteiger partial charge in [0.2, 0.25) is 15.9 Å². The summed E-state index contributed by atoms with van der Waals surface area (Å²) in [6.07, 6.45) is 7.09. The fraction of sp³-hybridized carbons (Fsp3) is 0.281. The standard InChI is InChI=1S/C32H32FN3O3S/c1-35-29(24-10-4-2-5-11-24)22-36(26-12-6-3-7-13-26)28-21-30(39-32-14-8-9-19-34-32)27(20-31(28)40(35,37)38)23-15-17-25(33)18-16-23/h3,6-9,12-21,24,29H,2,4-5,10-11,22H2,1H3/t29-/m0/s1. The van der Waals surface area contributed by atoms with E-state index in [1.165, 1.54) is 18.6 Å². The number of nitrogens with zero attached hydrogens (tertiary/aromatic N) is 3. The van der Waals surface area contributed by atoms with Gasteiger partial charge < -0.3 is 9.64 Å². The number of para-hydroxylation sites is 1. The van der Waals surface area contributed by atoms with Crippen LogP contribution in [0, 0.1) is 11.7 Å². The van der Waals surface area contributed by atoms with E-state index >= 15 is 0 Å². The Balaban J connectivity index is 1.58. The van der Waals surface area contributed by atoms with Gasteiger partial charge in [0.25, 0.3) is 0 Å². The van der Waals surface area contributed by atoms with Gasteiger partial charge in [-0.1, -0.05) is 55.7 Å². The van der Waals surface area contributed by atoms with E-state index in [9.17, 15) is 12.8 Å². The molecule has 206 valence electrons. The second kappa shape index (κ2) is 11.0. The first-order valence-corrected chi connectivity index (χ1v) is 15.2. The van der Waals surface area contributed by atoms with Gasteiger partial charge >= 0.3 is 0 Å². The monoisotopic (exact) mass is 557 g/mol. The van der Waals surface area contributed by atoms with Crippen molar-refractivity contribution in [1.29, 1.82) is 0 Å². The van der Waals surface area contributed by atoms with Crippen LogP contribution in [0.2, 0.25) is 0 Å². The second-order valence-electron chi connectivity index (χ2n) is 10.5. The zero-order valence-corrected chi connectivity index (χ0v) is 23.2. The number of likely N-dealkylation sites (N-methyl/N-ethyl adjacent to an activating group) is 1. The highest BCUT2D eigenvalue weighted by atomic mass is 32.2. The van der Waals surface area contributed by atoms with Crippen LogP contribution in [-0.4, -0.2) is 37.3 Å². The molecule has 1 atom stereocenters. The Morgan fingerprint density at radius 3 is 2.33 bits per heavy atom. The number of anilines is 2. The summed E-state index contributed by atoms with van der Waals surface area (Å²) in [6.45, 7) is 0.524. The lowest BCUT2D eigenvalue weighted by Crippen LogP contribution is -2.46. The van der Waals surface area contributed by atoms with Crippen LogP contribution in [0.1, 0.15) is 32.1 Å². The fourth-order valence-electron chi connectivity index (χ4n) is 5.98. The van der Waals surface area contributed by atoms with Crippen molar-refractivity contribution in [3.63, 3.8) is 0 Å². The maximum absolute atomic E-state index is 14.3. The number of hydrogen-bond donors (Lipinski definition) is 0. The average molecular weight is 558 g/mol. The van der Waals surface area contributed by atoms with Gasteiger partial charge in [-0.05, 0) is 60.7 Å². The van der Waals surface area contributed by atoms with Crippen LogP contribution in [0.3, 0.4) is 0 Å². The molecular formula is C32H32FN3O3S. The molecule has 1 aromatic heterocycles. The minimum absolute atomic E-state index is 0.188. The number of aromatic nitrogens is 1. The summed E-state index contributed by atoms with van der Waals surface area (Å²) in [4.78, 5) is 6.63. The second-order valence-corrected chi connectivity index (χ2v) is 12.5. The van der Waals surface area contributed by atoms with Gasteiger partial charge in [0.1, 0.15) is 16.5 Å². The number of halogens is 1. The fourth-order valence-corrected chi connectivity index (χ4v) is 7.58. The van der Waals surface area contributed by atoms with E-state index in [1.807, 2.05) is 36.4 Å². The summed E-state index contributed by atoms with van der Waals surface area (Å²) in [5.74, 6) is 0.725. The van der Waals surface area contributed by atoms with Crippen molar-refractivity contribution in [3.05, 3.63) is 96.9 Å². The molecule has 1 fully saturated rings. The van der Waals surface area contributed by atoms with Crippen molar-refractivity contribution in [1.82, 2.24) is 9.29 Å². The summed E-state index contributed by atoms with van der Waals surface area (Å²) in [5, 5.41) is 0. The van der Waals surface area contributed by atoms with E-state index in [0.717, 1.165) is 31.4 Å². The molecule has 1 saturated carbocycles. The lowest BCUT2D eigenvalue weighted by atomic mass is 9.83. The van der Waals surface area contributed by atoms with Gasteiger partial charge in [-0.25, -0.2) is 17.8 Å². The largest absolute Gasteiger partial charge is 0.438 e. The third kappa shape index (κ3) is 5.09. The number of pyridine rings is 1. The Kier molecular flexibility index (Phi) is 7.29. The normalized spacial score (nSPS) is 19.6. The van der Waals surface area contributed by atoms with E-state index in [2.05, 4.69) is 9.88 Å². The number of benzene rings is 3. The number of hydrogen-bond acceptors (Lipinski definition) is 5. The number of ether oxygens (including phenoxy) is 1. The number of rotatable bonds is 5. The summed E-state index contributed by atoms with van der Waals surface area (Å²) in [6, 6.07) is 24.5. The predicted octanol–water partition coefficient (Wildman–Crippen LogP) is 7.40. The summed E-state index contributed by atoms with van der Waals surface area (Å²) in [5.41, 5.74) is 2.65. The van der Waals surface area contributed by atoms with Gasteiger partial charge in [-0.2, -0.15) is 4.31 Å². The van der Waals surface area contributed by atoms with Crippen molar-refractivity contribution < 1.29 is 17.5 Å². The van der Waals surface area contributed by atoms with Crippen LogP contribution in [0.5, 0.6) is 11.6 Å². The molecule has 4 aromatic rings. The van der Waals surface area contributed by atoms with Crippen molar-refractivity contribution in [2.24, 2.45) is 5.92 Å². The molecule has 0 saturated heterocycles. The average Bonchev–Trinajstić information content (AvgIpc) is 3.07. The SMILES string of the molecule is CN1[C@H](C2CCCCC2)CN(c2ccccc2)c2cc(Oc3ccccn3)c(-c3ccc(F)cc3)cc2S1(=O)=O. The molecule has 0 bridgehead atoms. The van der Waals surface area contributed by atoms with E-state index in [0.29, 0.717) is 35.0 Å². The first kappa shape index (κ1) is 26.5. The summed E-state index contributed by atoms with van der Waals surface area (Å²) >= 11 is 0. The smallest absolute Gasteiger partial charge is 0.245 e. The highest BCUT2D eigenvalue weighted by Crippen LogP contribution is 2.46. The van der Waals surface area contributed by atoms with Crippen LogP contribution < -0.4 is 9.64 Å². The molecule has 0 spiro atoms. The third-order valence-corrected chi connectivity index (χ3v) is 10.0. The van der Waals surface area contributed by atoms with E-state index in [1.54, 1.807) is 53.9 Å². The molecule has 0 unspecified atom stereocenters. The molecule has 1 aliphatic carbocycles. The van der Waals surface area contributed by atoms with Crippen LogP contribution in [0.25, 0.3) is 11.1 Å². The molecule has 0 N–H and O–H groups in total. The maximum Gasteiger partial charge on any atom is 0.245 e. The van der Waals surface area contributed by atoms with Gasteiger partial charge in [-0.3, -0.25) is 0 Å². The van der Waals surface area contributed by atoms with Gasteiger partial charge in [0.15, 0.2) is 0 Å². The molecule has 3 aromatic carbocycles. The Morgan fingerprint density at radius 2 is 1.62 bits per heavy atom. The number of fused-ring (bicyclic) bond motifs is 1. The lowest BCUT2D eigenvalue weighted by Gasteiger charge is -2.36. The van der Waals surface area contributed by atoms with Crippen molar-refractivity contribution in [2.45, 2.75) is 43.0 Å². The van der Waals surface area contributed by atoms with E-state index in [4.69, 9.17) is 4.74 Å². The van der Waals surface area contributed by atoms with Crippen molar-refractivity contribution in [3.8, 4) is 22.8 Å². The first-order chi connectivity index (χ1) is 19.4. The lowest BCUT2D eigenvalue weighted by molar-refractivity contribution is 0.218. The molecule has 8 heteroatoms. The molecule has 0 amide bonds. The van der Waals surface area contributed by atoms with Crippen molar-refractivity contribution >= 4 is 21.4 Å². The van der Waals surface area contributed by atoms with Gasteiger partial charge in [0, 0.05) is 49.2 Å². The minimum atomic E-state index is -3.88. The Bertz CT molecular complexity index is 1580. The molecule has 6 nitrogen and oxygen atoms in total. The summed E-state index contributed by atoms with van der Waals surface area (Å²) in [7, 11) is -2.17. The van der Waals surface area contributed by atoms with Crippen LogP contribution in [-0.2, 0) is 10.0 Å². The highest BCUT2D eigenvalue weighted by molar-refractivity contribution is 7.89. The Morgan fingerprint density at radius 1 is 0.900 bits per heavy atom. The van der Waals surface area contributed by atoms with Gasteiger partial charge in [-0.15, -0.1) is 0 Å². The van der Waals surface area contributed by atoms with Crippen LogP contribution >= 0.6 is 0 Å². The Labute approximate surface area is 235 Å². The molecule has 2 aliphatic rings.